The van der Waals surface area contributed by atoms with Gasteiger partial charge in [-0.1, -0.05) is 6.92 Å². The summed E-state index contributed by atoms with van der Waals surface area (Å²) in [5.74, 6) is -0.0545. The Hall–Kier alpha value is -1.65. The Labute approximate surface area is 80.8 Å². The normalized spacial score (nSPS) is 13.5. The first-order valence-electron chi connectivity index (χ1n) is 4.48. The molecule has 0 saturated carbocycles. The van der Waals surface area contributed by atoms with Gasteiger partial charge in [-0.05, 0) is 0 Å². The van der Waals surface area contributed by atoms with E-state index < -0.39 is 5.97 Å². The molecule has 1 N–H and O–H groups in total. The van der Waals surface area contributed by atoms with Gasteiger partial charge in [0.05, 0.1) is 12.2 Å². The van der Waals surface area contributed by atoms with Crippen molar-refractivity contribution in [3.63, 3.8) is 0 Å². The highest BCUT2D eigenvalue weighted by Gasteiger charge is 2.23. The van der Waals surface area contributed by atoms with Crippen LogP contribution in [0.1, 0.15) is 28.8 Å². The highest BCUT2D eigenvalue weighted by Crippen LogP contribution is 2.25. The number of carboxylic acids is 1. The van der Waals surface area contributed by atoms with Gasteiger partial charge in [0, 0.05) is 12.8 Å². The predicted octanol–water partition coefficient (Wildman–Crippen LogP) is 0.672. The van der Waals surface area contributed by atoms with Gasteiger partial charge in [-0.15, -0.1) is 0 Å². The Bertz CT molecular complexity index is 390. The van der Waals surface area contributed by atoms with Crippen molar-refractivity contribution < 1.29 is 14.6 Å². The monoisotopic (exact) mass is 194 g/mol. The molecule has 14 heavy (non-hydrogen) atoms. The summed E-state index contributed by atoms with van der Waals surface area (Å²) < 4.78 is 5.22. The van der Waals surface area contributed by atoms with Crippen LogP contribution in [0.15, 0.2) is 0 Å². The SMILES string of the molecule is CCc1nc2c(c(C(=O)O)n1)CCO2. The number of carbonyl (C=O) groups is 1. The van der Waals surface area contributed by atoms with E-state index in [1.165, 1.54) is 0 Å². The molecule has 5 nitrogen and oxygen atoms in total. The fraction of sp³-hybridized carbons (Fsp3) is 0.444. The van der Waals surface area contributed by atoms with Crippen molar-refractivity contribution in [2.24, 2.45) is 0 Å². The number of hydrogen-bond donors (Lipinski definition) is 1. The maximum atomic E-state index is 10.9. The zero-order chi connectivity index (χ0) is 10.1. The summed E-state index contributed by atoms with van der Waals surface area (Å²) in [6, 6.07) is 0. The van der Waals surface area contributed by atoms with Crippen LogP contribution in [-0.2, 0) is 12.8 Å². The van der Waals surface area contributed by atoms with Gasteiger partial charge in [0.1, 0.15) is 5.82 Å². The summed E-state index contributed by atoms with van der Waals surface area (Å²) in [4.78, 5) is 19.0. The number of carboxylic acid groups (broad SMARTS) is 1. The second-order valence-corrected chi connectivity index (χ2v) is 3.03. The molecule has 1 aliphatic rings. The van der Waals surface area contributed by atoms with Crippen molar-refractivity contribution in [1.29, 1.82) is 0 Å². The van der Waals surface area contributed by atoms with Crippen molar-refractivity contribution in [1.82, 2.24) is 9.97 Å². The molecule has 1 aliphatic heterocycles. The second kappa shape index (κ2) is 3.25. The first-order chi connectivity index (χ1) is 6.72. The topological polar surface area (TPSA) is 72.3 Å². The predicted molar refractivity (Wildman–Crippen MR) is 47.6 cm³/mol. The summed E-state index contributed by atoms with van der Waals surface area (Å²) >= 11 is 0. The Balaban J connectivity index is 2.57. The number of ether oxygens (including phenoxy) is 1. The molecule has 0 atom stereocenters. The number of hydrogen-bond acceptors (Lipinski definition) is 4. The molecule has 74 valence electrons. The third-order valence-electron chi connectivity index (χ3n) is 2.13. The largest absolute Gasteiger partial charge is 0.477 e. The van der Waals surface area contributed by atoms with Gasteiger partial charge < -0.3 is 9.84 Å². The van der Waals surface area contributed by atoms with Gasteiger partial charge in [-0.2, -0.15) is 4.98 Å². The minimum Gasteiger partial charge on any atom is -0.477 e. The van der Waals surface area contributed by atoms with Crippen LogP contribution in [0.3, 0.4) is 0 Å². The number of rotatable bonds is 2. The molecular weight excluding hydrogens is 184 g/mol. The third-order valence-corrected chi connectivity index (χ3v) is 2.13. The maximum absolute atomic E-state index is 10.9. The average Bonchev–Trinajstić information content (AvgIpc) is 2.63. The summed E-state index contributed by atoms with van der Waals surface area (Å²) in [5.41, 5.74) is 0.707. The van der Waals surface area contributed by atoms with Gasteiger partial charge in [-0.25, -0.2) is 9.78 Å². The molecule has 0 amide bonds. The Morgan fingerprint density at radius 2 is 2.36 bits per heavy atom. The highest BCUT2D eigenvalue weighted by molar-refractivity contribution is 5.87. The van der Waals surface area contributed by atoms with Crippen molar-refractivity contribution in [3.8, 4) is 5.88 Å². The van der Waals surface area contributed by atoms with Gasteiger partial charge in [0.2, 0.25) is 5.88 Å². The Morgan fingerprint density at radius 1 is 1.57 bits per heavy atom. The van der Waals surface area contributed by atoms with Crippen molar-refractivity contribution in [2.75, 3.05) is 6.61 Å². The Kier molecular flexibility index (Phi) is 2.07. The molecule has 5 heteroatoms. The van der Waals surface area contributed by atoms with E-state index >= 15 is 0 Å². The van der Waals surface area contributed by atoms with Crippen LogP contribution in [0.2, 0.25) is 0 Å². The van der Waals surface area contributed by atoms with Gasteiger partial charge in [-0.3, -0.25) is 0 Å². The van der Waals surface area contributed by atoms with E-state index in [2.05, 4.69) is 9.97 Å². The van der Waals surface area contributed by atoms with E-state index in [0.29, 0.717) is 36.7 Å². The lowest BCUT2D eigenvalue weighted by Gasteiger charge is -2.03. The minimum atomic E-state index is -1.01. The lowest BCUT2D eigenvalue weighted by molar-refractivity contribution is 0.0688. The van der Waals surface area contributed by atoms with Gasteiger partial charge in [0.25, 0.3) is 0 Å². The van der Waals surface area contributed by atoms with E-state index in [0.717, 1.165) is 0 Å². The van der Waals surface area contributed by atoms with Crippen molar-refractivity contribution in [3.05, 3.63) is 17.1 Å². The van der Waals surface area contributed by atoms with E-state index in [4.69, 9.17) is 9.84 Å². The van der Waals surface area contributed by atoms with E-state index in [-0.39, 0.29) is 5.69 Å². The molecule has 0 radical (unpaired) electrons. The molecule has 0 spiro atoms. The van der Waals surface area contributed by atoms with E-state index in [9.17, 15) is 4.79 Å². The summed E-state index contributed by atoms with van der Waals surface area (Å²) in [6.07, 6.45) is 1.19. The third kappa shape index (κ3) is 1.30. The standard InChI is InChI=1S/C9H10N2O3/c1-2-6-10-7(9(12)13)5-3-4-14-8(5)11-6/h2-4H2,1H3,(H,12,13). The molecule has 0 bridgehead atoms. The molecule has 2 heterocycles. The lowest BCUT2D eigenvalue weighted by atomic mass is 10.2. The first kappa shape index (κ1) is 8.93. The van der Waals surface area contributed by atoms with Crippen molar-refractivity contribution >= 4 is 5.97 Å². The molecule has 0 unspecified atom stereocenters. The summed E-state index contributed by atoms with van der Waals surface area (Å²) in [6.45, 7) is 2.37. The summed E-state index contributed by atoms with van der Waals surface area (Å²) in [5, 5.41) is 8.92. The average molecular weight is 194 g/mol. The molecule has 0 fully saturated rings. The number of nitrogens with zero attached hydrogens (tertiary/aromatic N) is 2. The second-order valence-electron chi connectivity index (χ2n) is 3.03. The van der Waals surface area contributed by atoms with Crippen LogP contribution in [0, 0.1) is 0 Å². The van der Waals surface area contributed by atoms with Crippen LogP contribution in [0.25, 0.3) is 0 Å². The molecule has 0 saturated heterocycles. The molecular formula is C9H10N2O3. The fourth-order valence-corrected chi connectivity index (χ4v) is 1.44. The number of aromatic nitrogens is 2. The number of aryl methyl sites for hydroxylation is 1. The smallest absolute Gasteiger partial charge is 0.355 e. The quantitative estimate of drug-likeness (QED) is 0.749. The maximum Gasteiger partial charge on any atom is 0.355 e. The molecule has 2 rings (SSSR count). The molecule has 1 aromatic rings. The van der Waals surface area contributed by atoms with E-state index in [1.54, 1.807) is 0 Å². The zero-order valence-electron chi connectivity index (χ0n) is 7.78. The van der Waals surface area contributed by atoms with Crippen molar-refractivity contribution in [2.45, 2.75) is 19.8 Å². The van der Waals surface area contributed by atoms with Gasteiger partial charge in [0.15, 0.2) is 5.69 Å². The van der Waals surface area contributed by atoms with Crippen LogP contribution in [0.5, 0.6) is 5.88 Å². The Morgan fingerprint density at radius 3 is 3.00 bits per heavy atom. The molecule has 0 aromatic carbocycles. The molecule has 0 aliphatic carbocycles. The fourth-order valence-electron chi connectivity index (χ4n) is 1.44. The lowest BCUT2D eigenvalue weighted by Crippen LogP contribution is -2.08. The van der Waals surface area contributed by atoms with Crippen LogP contribution >= 0.6 is 0 Å². The van der Waals surface area contributed by atoms with E-state index in [1.807, 2.05) is 6.92 Å². The first-order valence-corrected chi connectivity index (χ1v) is 4.48. The number of aromatic carboxylic acids is 1. The highest BCUT2D eigenvalue weighted by atomic mass is 16.5. The van der Waals surface area contributed by atoms with Gasteiger partial charge >= 0.3 is 5.97 Å². The summed E-state index contributed by atoms with van der Waals surface area (Å²) in [7, 11) is 0. The van der Waals surface area contributed by atoms with Crippen LogP contribution in [-0.4, -0.2) is 27.7 Å². The van der Waals surface area contributed by atoms with Crippen LogP contribution in [0.4, 0.5) is 0 Å². The zero-order valence-corrected chi connectivity index (χ0v) is 7.78. The van der Waals surface area contributed by atoms with Crippen LogP contribution < -0.4 is 4.74 Å². The number of fused-ring (bicyclic) bond motifs is 1. The molecule has 1 aromatic heterocycles. The minimum absolute atomic E-state index is 0.0874.